The van der Waals surface area contributed by atoms with Crippen LogP contribution >= 0.6 is 0 Å². The second kappa shape index (κ2) is 5.25. The predicted molar refractivity (Wildman–Crippen MR) is 80.2 cm³/mol. The van der Waals surface area contributed by atoms with E-state index in [0.29, 0.717) is 6.54 Å². The molecule has 0 radical (unpaired) electrons. The van der Waals surface area contributed by atoms with E-state index in [-0.39, 0.29) is 5.82 Å². The fraction of sp³-hybridized carbons (Fsp3) is 0.294. The van der Waals surface area contributed by atoms with E-state index in [1.165, 1.54) is 16.7 Å². The van der Waals surface area contributed by atoms with Crippen LogP contribution in [-0.2, 0) is 19.5 Å². The van der Waals surface area contributed by atoms with Crippen LogP contribution in [0.1, 0.15) is 22.3 Å². The summed E-state index contributed by atoms with van der Waals surface area (Å²) in [6.45, 7) is 4.46. The molecule has 3 rings (SSSR count). The van der Waals surface area contributed by atoms with Crippen LogP contribution in [0.15, 0.2) is 36.4 Å². The van der Waals surface area contributed by atoms with E-state index in [1.807, 2.05) is 6.07 Å². The molecule has 2 N–H and O–H groups in total. The third-order valence-corrected chi connectivity index (χ3v) is 4.04. The molecule has 0 unspecified atom stereocenters. The second-order valence-corrected chi connectivity index (χ2v) is 5.41. The molecular formula is C17H19FN2. The van der Waals surface area contributed by atoms with E-state index in [9.17, 15) is 4.39 Å². The maximum atomic E-state index is 13.4. The van der Waals surface area contributed by atoms with Crippen molar-refractivity contribution < 1.29 is 4.39 Å². The van der Waals surface area contributed by atoms with Gasteiger partial charge in [-0.3, -0.25) is 0 Å². The highest BCUT2D eigenvalue weighted by atomic mass is 19.1. The molecule has 0 amide bonds. The number of halogens is 1. The minimum absolute atomic E-state index is 0.161. The molecule has 2 aromatic carbocycles. The Bertz CT molecular complexity index is 637. The Labute approximate surface area is 119 Å². The lowest BCUT2D eigenvalue weighted by Gasteiger charge is -2.21. The molecule has 0 saturated heterocycles. The molecule has 104 valence electrons. The quantitative estimate of drug-likeness (QED) is 0.928. The van der Waals surface area contributed by atoms with Gasteiger partial charge in [-0.15, -0.1) is 0 Å². The molecule has 2 aromatic rings. The van der Waals surface area contributed by atoms with Gasteiger partial charge < -0.3 is 10.6 Å². The average Bonchev–Trinajstić information content (AvgIpc) is 2.83. The molecule has 3 heteroatoms. The molecule has 20 heavy (non-hydrogen) atoms. The lowest BCUT2D eigenvalue weighted by molar-refractivity contribution is 0.627. The Morgan fingerprint density at radius 2 is 2.05 bits per heavy atom. The smallest absolute Gasteiger partial charge is 0.125 e. The average molecular weight is 270 g/mol. The van der Waals surface area contributed by atoms with Crippen LogP contribution in [-0.4, -0.2) is 6.54 Å². The van der Waals surface area contributed by atoms with Crippen molar-refractivity contribution >= 4 is 5.69 Å². The van der Waals surface area contributed by atoms with Crippen molar-refractivity contribution in [1.29, 1.82) is 0 Å². The summed E-state index contributed by atoms with van der Waals surface area (Å²) in [5, 5.41) is 0. The highest BCUT2D eigenvalue weighted by molar-refractivity contribution is 5.58. The van der Waals surface area contributed by atoms with Crippen molar-refractivity contribution in [3.8, 4) is 0 Å². The van der Waals surface area contributed by atoms with Gasteiger partial charge >= 0.3 is 0 Å². The summed E-state index contributed by atoms with van der Waals surface area (Å²) in [6, 6.07) is 11.4. The van der Waals surface area contributed by atoms with Gasteiger partial charge in [0.1, 0.15) is 5.82 Å². The first kappa shape index (κ1) is 13.1. The molecule has 2 nitrogen and oxygen atoms in total. The molecule has 0 fully saturated rings. The molecule has 0 aromatic heterocycles. The zero-order valence-electron chi connectivity index (χ0n) is 11.7. The highest BCUT2D eigenvalue weighted by Crippen LogP contribution is 2.30. The lowest BCUT2D eigenvalue weighted by Crippen LogP contribution is -2.20. The van der Waals surface area contributed by atoms with Crippen LogP contribution < -0.4 is 10.6 Å². The van der Waals surface area contributed by atoms with Gasteiger partial charge in [0, 0.05) is 25.3 Å². The van der Waals surface area contributed by atoms with Gasteiger partial charge in [0.05, 0.1) is 0 Å². The summed E-state index contributed by atoms with van der Waals surface area (Å²) in [5.41, 5.74) is 11.6. The maximum absolute atomic E-state index is 13.4. The van der Waals surface area contributed by atoms with Crippen molar-refractivity contribution in [2.45, 2.75) is 26.4 Å². The molecule has 0 spiro atoms. The van der Waals surface area contributed by atoms with Crippen molar-refractivity contribution in [1.82, 2.24) is 0 Å². The maximum Gasteiger partial charge on any atom is 0.125 e. The minimum atomic E-state index is -0.161. The predicted octanol–water partition coefficient (Wildman–Crippen LogP) is 3.16. The van der Waals surface area contributed by atoms with Crippen molar-refractivity contribution in [2.75, 3.05) is 11.4 Å². The Morgan fingerprint density at radius 3 is 2.80 bits per heavy atom. The van der Waals surface area contributed by atoms with Crippen LogP contribution in [0.4, 0.5) is 10.1 Å². The molecule has 1 aliphatic heterocycles. The third-order valence-electron chi connectivity index (χ3n) is 4.04. The number of nitrogens with two attached hydrogens (primary N) is 1. The van der Waals surface area contributed by atoms with E-state index < -0.39 is 0 Å². The molecule has 0 atom stereocenters. The summed E-state index contributed by atoms with van der Waals surface area (Å²) in [6.07, 6.45) is 0.996. The number of benzene rings is 2. The van der Waals surface area contributed by atoms with Gasteiger partial charge in [-0.25, -0.2) is 4.39 Å². The number of anilines is 1. The van der Waals surface area contributed by atoms with Crippen LogP contribution in [0, 0.1) is 12.7 Å². The van der Waals surface area contributed by atoms with Gasteiger partial charge in [0.15, 0.2) is 0 Å². The second-order valence-electron chi connectivity index (χ2n) is 5.41. The number of rotatable bonds is 3. The van der Waals surface area contributed by atoms with Gasteiger partial charge in [-0.2, -0.15) is 0 Å². The molecular weight excluding hydrogens is 251 g/mol. The van der Waals surface area contributed by atoms with Gasteiger partial charge in [-0.1, -0.05) is 24.3 Å². The highest BCUT2D eigenvalue weighted by Gasteiger charge is 2.20. The molecule has 1 heterocycles. The fourth-order valence-corrected chi connectivity index (χ4v) is 2.85. The monoisotopic (exact) mass is 270 g/mol. The Morgan fingerprint density at radius 1 is 1.20 bits per heavy atom. The van der Waals surface area contributed by atoms with Gasteiger partial charge in [0.2, 0.25) is 0 Å². The first-order chi connectivity index (χ1) is 9.67. The fourth-order valence-electron chi connectivity index (χ4n) is 2.85. The topological polar surface area (TPSA) is 29.3 Å². The number of nitrogens with zero attached hydrogens (tertiary/aromatic N) is 1. The Balaban J connectivity index is 1.85. The van der Waals surface area contributed by atoms with Crippen LogP contribution in [0.2, 0.25) is 0 Å². The Kier molecular flexibility index (Phi) is 3.45. The summed E-state index contributed by atoms with van der Waals surface area (Å²) < 4.78 is 13.4. The summed E-state index contributed by atoms with van der Waals surface area (Å²) in [4.78, 5) is 2.25. The van der Waals surface area contributed by atoms with E-state index in [0.717, 1.165) is 30.8 Å². The molecule has 0 saturated carbocycles. The van der Waals surface area contributed by atoms with Crippen LogP contribution in [0.3, 0.4) is 0 Å². The van der Waals surface area contributed by atoms with E-state index >= 15 is 0 Å². The van der Waals surface area contributed by atoms with Crippen molar-refractivity contribution in [2.24, 2.45) is 5.73 Å². The first-order valence-corrected chi connectivity index (χ1v) is 6.99. The zero-order chi connectivity index (χ0) is 14.1. The summed E-state index contributed by atoms with van der Waals surface area (Å²) >= 11 is 0. The first-order valence-electron chi connectivity index (χ1n) is 6.99. The third kappa shape index (κ3) is 2.41. The summed E-state index contributed by atoms with van der Waals surface area (Å²) in [5.74, 6) is -0.161. The molecule has 0 aliphatic carbocycles. The number of hydrogen-bond donors (Lipinski definition) is 1. The van der Waals surface area contributed by atoms with E-state index in [1.54, 1.807) is 12.1 Å². The zero-order valence-corrected chi connectivity index (χ0v) is 11.7. The van der Waals surface area contributed by atoms with Crippen LogP contribution in [0.25, 0.3) is 0 Å². The van der Waals surface area contributed by atoms with E-state index in [4.69, 9.17) is 5.73 Å². The molecule has 0 bridgehead atoms. The lowest BCUT2D eigenvalue weighted by atomic mass is 10.0. The van der Waals surface area contributed by atoms with Crippen molar-refractivity contribution in [3.63, 3.8) is 0 Å². The standard InChI is InChI=1S/C17H19FN2/c1-12-8-13(10-19)2-3-15(12)11-20-7-6-14-4-5-16(18)9-17(14)20/h2-5,8-9H,6-7,10-11,19H2,1H3. The van der Waals surface area contributed by atoms with Crippen molar-refractivity contribution in [3.05, 3.63) is 64.5 Å². The van der Waals surface area contributed by atoms with Crippen LogP contribution in [0.5, 0.6) is 0 Å². The van der Waals surface area contributed by atoms with E-state index in [2.05, 4.69) is 30.0 Å². The number of fused-ring (bicyclic) bond motifs is 1. The largest absolute Gasteiger partial charge is 0.367 e. The van der Waals surface area contributed by atoms with Gasteiger partial charge in [0.25, 0.3) is 0 Å². The molecule has 1 aliphatic rings. The minimum Gasteiger partial charge on any atom is -0.367 e. The normalized spacial score (nSPS) is 13.7. The summed E-state index contributed by atoms with van der Waals surface area (Å²) in [7, 11) is 0. The number of aryl methyl sites for hydroxylation is 1. The van der Waals surface area contributed by atoms with Gasteiger partial charge in [-0.05, 0) is 47.7 Å². The number of hydrogen-bond acceptors (Lipinski definition) is 2. The SMILES string of the molecule is Cc1cc(CN)ccc1CN1CCc2ccc(F)cc21. The Hall–Kier alpha value is -1.87.